The number of carbonyl (C=O) groups excluding carboxylic acids is 2. The number of nitrogens with one attached hydrogen (secondary N) is 2. The molecule has 0 radical (unpaired) electrons. The number of nitrogens with zero attached hydrogens (tertiary/aromatic N) is 1. The highest BCUT2D eigenvalue weighted by molar-refractivity contribution is 5.97. The van der Waals surface area contributed by atoms with Gasteiger partial charge in [-0.3, -0.25) is 9.59 Å². The molecule has 0 aliphatic carbocycles. The first kappa shape index (κ1) is 19.7. The van der Waals surface area contributed by atoms with E-state index in [2.05, 4.69) is 36.6 Å². The van der Waals surface area contributed by atoms with Crippen molar-refractivity contribution < 1.29 is 14.1 Å². The summed E-state index contributed by atoms with van der Waals surface area (Å²) < 4.78 is 5.07. The second kappa shape index (κ2) is 7.72. The van der Waals surface area contributed by atoms with Crippen molar-refractivity contribution in [2.24, 2.45) is 0 Å². The monoisotopic (exact) mass is 357 g/mol. The molecule has 6 heteroatoms. The third kappa shape index (κ3) is 4.71. The third-order valence-corrected chi connectivity index (χ3v) is 4.37. The second-order valence-electron chi connectivity index (χ2n) is 7.54. The van der Waals surface area contributed by atoms with E-state index in [1.54, 1.807) is 26.0 Å². The third-order valence-electron chi connectivity index (χ3n) is 4.37. The van der Waals surface area contributed by atoms with Gasteiger partial charge in [0.2, 0.25) is 5.91 Å². The molecule has 0 aliphatic rings. The molecule has 0 saturated carbocycles. The van der Waals surface area contributed by atoms with Gasteiger partial charge in [-0.25, -0.2) is 0 Å². The Hall–Kier alpha value is -2.63. The molecule has 140 valence electrons. The van der Waals surface area contributed by atoms with Crippen molar-refractivity contribution >= 4 is 11.8 Å². The molecule has 0 bridgehead atoms. The maximum atomic E-state index is 12.3. The molecule has 0 spiro atoms. The topological polar surface area (TPSA) is 84.2 Å². The van der Waals surface area contributed by atoms with Crippen LogP contribution in [0, 0.1) is 13.8 Å². The summed E-state index contributed by atoms with van der Waals surface area (Å²) in [5.41, 5.74) is 3.32. The van der Waals surface area contributed by atoms with E-state index in [1.807, 2.05) is 19.1 Å². The highest BCUT2D eigenvalue weighted by atomic mass is 16.5. The Labute approximate surface area is 154 Å². The van der Waals surface area contributed by atoms with Gasteiger partial charge in [-0.15, -0.1) is 0 Å². The molecule has 2 amide bonds. The average Bonchev–Trinajstić information content (AvgIpc) is 2.90. The lowest BCUT2D eigenvalue weighted by Gasteiger charge is -2.19. The number of amides is 2. The number of hydrogen-bond acceptors (Lipinski definition) is 4. The molecule has 0 fully saturated rings. The molecular weight excluding hydrogens is 330 g/mol. The largest absolute Gasteiger partial charge is 0.361 e. The van der Waals surface area contributed by atoms with E-state index in [9.17, 15) is 9.59 Å². The van der Waals surface area contributed by atoms with Gasteiger partial charge < -0.3 is 15.2 Å². The Balaban J connectivity index is 1.92. The molecular formula is C20H27N3O3. The molecule has 2 N–H and O–H groups in total. The quantitative estimate of drug-likeness (QED) is 0.861. The van der Waals surface area contributed by atoms with Crippen LogP contribution in [0.3, 0.4) is 0 Å². The smallest absolute Gasteiger partial charge is 0.251 e. The van der Waals surface area contributed by atoms with Gasteiger partial charge in [0.05, 0.1) is 5.69 Å². The normalized spacial score (nSPS) is 12.5. The summed E-state index contributed by atoms with van der Waals surface area (Å²) in [6.45, 7) is 12.0. The Morgan fingerprint density at radius 2 is 1.77 bits per heavy atom. The van der Waals surface area contributed by atoms with Gasteiger partial charge in [-0.1, -0.05) is 38.1 Å². The molecule has 6 nitrogen and oxygen atoms in total. The van der Waals surface area contributed by atoms with Crippen molar-refractivity contribution in [2.75, 3.05) is 0 Å². The van der Waals surface area contributed by atoms with Crippen LogP contribution in [-0.4, -0.2) is 23.0 Å². The van der Waals surface area contributed by atoms with Crippen LogP contribution in [0.15, 0.2) is 28.8 Å². The van der Waals surface area contributed by atoms with Crippen LogP contribution in [0.25, 0.3) is 0 Å². The Bertz CT molecular complexity index is 766. The molecule has 1 heterocycles. The van der Waals surface area contributed by atoms with Crippen molar-refractivity contribution in [3.8, 4) is 0 Å². The molecule has 0 saturated heterocycles. The fourth-order valence-corrected chi connectivity index (χ4v) is 2.55. The maximum absolute atomic E-state index is 12.3. The van der Waals surface area contributed by atoms with Gasteiger partial charge in [-0.2, -0.15) is 0 Å². The van der Waals surface area contributed by atoms with Gasteiger partial charge in [-0.05, 0) is 43.9 Å². The highest BCUT2D eigenvalue weighted by Crippen LogP contribution is 2.22. The van der Waals surface area contributed by atoms with Crippen molar-refractivity contribution in [1.29, 1.82) is 0 Å². The minimum absolute atomic E-state index is 0.0282. The van der Waals surface area contributed by atoms with E-state index in [-0.39, 0.29) is 17.2 Å². The maximum Gasteiger partial charge on any atom is 0.251 e. The fraction of sp³-hybridized carbons (Fsp3) is 0.450. The standard InChI is InChI=1S/C20H27N3O3/c1-12-17(14(3)26-23-12)11-21-18(24)13(2)22-19(25)15-7-9-16(10-8-15)20(4,5)6/h7-10,13H,11H2,1-6H3,(H,21,24)(H,22,25). The van der Waals surface area contributed by atoms with Crippen LogP contribution in [-0.2, 0) is 16.8 Å². The number of benzene rings is 1. The number of carbonyl (C=O) groups is 2. The van der Waals surface area contributed by atoms with Gasteiger partial charge in [0.25, 0.3) is 5.91 Å². The first-order chi connectivity index (χ1) is 12.1. The minimum Gasteiger partial charge on any atom is -0.361 e. The number of aryl methyl sites for hydroxylation is 2. The van der Waals surface area contributed by atoms with E-state index in [0.717, 1.165) is 16.8 Å². The molecule has 26 heavy (non-hydrogen) atoms. The molecule has 1 aromatic carbocycles. The van der Waals surface area contributed by atoms with Gasteiger partial charge in [0.15, 0.2) is 0 Å². The van der Waals surface area contributed by atoms with Gasteiger partial charge >= 0.3 is 0 Å². The van der Waals surface area contributed by atoms with Crippen LogP contribution >= 0.6 is 0 Å². The lowest BCUT2D eigenvalue weighted by molar-refractivity contribution is -0.122. The summed E-state index contributed by atoms with van der Waals surface area (Å²) in [4.78, 5) is 24.6. The fourth-order valence-electron chi connectivity index (χ4n) is 2.55. The summed E-state index contributed by atoms with van der Waals surface area (Å²) in [7, 11) is 0. The van der Waals surface area contributed by atoms with Gasteiger partial charge in [0, 0.05) is 17.7 Å². The first-order valence-corrected chi connectivity index (χ1v) is 8.70. The van der Waals surface area contributed by atoms with E-state index in [0.29, 0.717) is 17.9 Å². The Morgan fingerprint density at radius 1 is 1.15 bits per heavy atom. The zero-order valence-corrected chi connectivity index (χ0v) is 16.3. The first-order valence-electron chi connectivity index (χ1n) is 8.70. The summed E-state index contributed by atoms with van der Waals surface area (Å²) >= 11 is 0. The summed E-state index contributed by atoms with van der Waals surface area (Å²) in [5, 5.41) is 9.38. The summed E-state index contributed by atoms with van der Waals surface area (Å²) in [6, 6.07) is 6.80. The summed E-state index contributed by atoms with van der Waals surface area (Å²) in [6.07, 6.45) is 0. The van der Waals surface area contributed by atoms with Crippen molar-refractivity contribution in [1.82, 2.24) is 15.8 Å². The van der Waals surface area contributed by atoms with E-state index in [4.69, 9.17) is 4.52 Å². The van der Waals surface area contributed by atoms with Crippen LogP contribution in [0.4, 0.5) is 0 Å². The lowest BCUT2D eigenvalue weighted by Crippen LogP contribution is -2.44. The van der Waals surface area contributed by atoms with Gasteiger partial charge in [0.1, 0.15) is 11.8 Å². The number of hydrogen-bond donors (Lipinski definition) is 2. The predicted octanol–water partition coefficient (Wildman–Crippen LogP) is 3.02. The molecule has 0 aliphatic heterocycles. The molecule has 1 unspecified atom stereocenters. The van der Waals surface area contributed by atoms with E-state index in [1.165, 1.54) is 0 Å². The zero-order valence-electron chi connectivity index (χ0n) is 16.3. The van der Waals surface area contributed by atoms with Crippen molar-refractivity contribution in [3.63, 3.8) is 0 Å². The predicted molar refractivity (Wildman–Crippen MR) is 99.9 cm³/mol. The molecule has 2 rings (SSSR count). The Morgan fingerprint density at radius 3 is 2.27 bits per heavy atom. The van der Waals surface area contributed by atoms with E-state index >= 15 is 0 Å². The van der Waals surface area contributed by atoms with E-state index < -0.39 is 6.04 Å². The zero-order chi connectivity index (χ0) is 19.5. The number of aromatic nitrogens is 1. The van der Waals surface area contributed by atoms with Crippen molar-refractivity contribution in [3.05, 3.63) is 52.4 Å². The number of rotatable bonds is 5. The molecule has 1 atom stereocenters. The van der Waals surface area contributed by atoms with Crippen LogP contribution < -0.4 is 10.6 Å². The van der Waals surface area contributed by atoms with Crippen LogP contribution in [0.2, 0.25) is 0 Å². The molecule has 2 aromatic rings. The lowest BCUT2D eigenvalue weighted by atomic mass is 9.86. The van der Waals surface area contributed by atoms with Crippen LogP contribution in [0.5, 0.6) is 0 Å². The second-order valence-corrected chi connectivity index (χ2v) is 7.54. The Kier molecular flexibility index (Phi) is 5.85. The van der Waals surface area contributed by atoms with Crippen LogP contribution in [0.1, 0.15) is 60.6 Å². The highest BCUT2D eigenvalue weighted by Gasteiger charge is 2.19. The minimum atomic E-state index is -0.648. The SMILES string of the molecule is Cc1noc(C)c1CNC(=O)C(C)NC(=O)c1ccc(C(C)(C)C)cc1. The molecule has 1 aromatic heterocycles. The summed E-state index contributed by atoms with van der Waals surface area (Å²) in [5.74, 6) is 0.147. The van der Waals surface area contributed by atoms with Crippen molar-refractivity contribution in [2.45, 2.75) is 59.5 Å². The average molecular weight is 357 g/mol.